The number of H-pyrrole nitrogens is 1. The second kappa shape index (κ2) is 8.76. The average molecular weight is 437 g/mol. The van der Waals surface area contributed by atoms with Crippen molar-refractivity contribution in [1.29, 1.82) is 0 Å². The van der Waals surface area contributed by atoms with Gasteiger partial charge in [0.15, 0.2) is 0 Å². The van der Waals surface area contributed by atoms with Crippen LogP contribution in [0.4, 0.5) is 0 Å². The lowest BCUT2D eigenvalue weighted by atomic mass is 10.0. The molecule has 5 aromatic rings. The maximum absolute atomic E-state index is 13.2. The van der Waals surface area contributed by atoms with Crippen molar-refractivity contribution in [1.82, 2.24) is 15.5 Å². The summed E-state index contributed by atoms with van der Waals surface area (Å²) in [5.41, 5.74) is 3.64. The second-order valence-electron chi connectivity index (χ2n) is 7.82. The zero-order chi connectivity index (χ0) is 22.8. The largest absolute Gasteiger partial charge is 0.495 e. The first-order chi connectivity index (χ1) is 16.2. The Kier molecular flexibility index (Phi) is 5.50. The van der Waals surface area contributed by atoms with Crippen molar-refractivity contribution in [3.05, 3.63) is 96.1 Å². The summed E-state index contributed by atoms with van der Waals surface area (Å²) < 4.78 is 5.73. The Labute approximate surface area is 190 Å². The Morgan fingerprint density at radius 1 is 1.00 bits per heavy atom. The fourth-order valence-corrected chi connectivity index (χ4v) is 4.18. The quantitative estimate of drug-likeness (QED) is 0.354. The first-order valence-corrected chi connectivity index (χ1v) is 10.7. The molecule has 0 spiro atoms. The van der Waals surface area contributed by atoms with Gasteiger partial charge in [-0.3, -0.25) is 9.89 Å². The molecule has 0 fully saturated rings. The van der Waals surface area contributed by atoms with Gasteiger partial charge in [-0.1, -0.05) is 66.7 Å². The molecule has 1 aromatic heterocycles. The van der Waals surface area contributed by atoms with Crippen LogP contribution in [0.5, 0.6) is 5.75 Å². The van der Waals surface area contributed by atoms with Crippen LogP contribution in [0.25, 0.3) is 32.9 Å². The fourth-order valence-electron chi connectivity index (χ4n) is 4.18. The van der Waals surface area contributed by atoms with Gasteiger partial charge in [0, 0.05) is 5.56 Å². The van der Waals surface area contributed by atoms with Gasteiger partial charge in [0.25, 0.3) is 5.91 Å². The van der Waals surface area contributed by atoms with E-state index in [1.165, 1.54) is 0 Å². The van der Waals surface area contributed by atoms with Gasteiger partial charge < -0.3 is 15.2 Å². The first-order valence-electron chi connectivity index (χ1n) is 10.7. The van der Waals surface area contributed by atoms with E-state index >= 15 is 0 Å². The SMILES string of the molecule is COc1c(C(=O)NC(CO)c2ccccc2)ccc2n[nH]c(-c3ccc4ccccc4c3)c12. The summed E-state index contributed by atoms with van der Waals surface area (Å²) >= 11 is 0. The molecule has 164 valence electrons. The van der Waals surface area contributed by atoms with Gasteiger partial charge in [-0.25, -0.2) is 0 Å². The molecule has 1 unspecified atom stereocenters. The number of benzene rings is 4. The molecule has 1 heterocycles. The lowest BCUT2D eigenvalue weighted by Crippen LogP contribution is -2.31. The molecule has 0 radical (unpaired) electrons. The van der Waals surface area contributed by atoms with Gasteiger partial charge in [0.05, 0.1) is 41.9 Å². The Bertz CT molecular complexity index is 1440. The Hall–Kier alpha value is -4.16. The number of aliphatic hydroxyl groups is 1. The van der Waals surface area contributed by atoms with Crippen molar-refractivity contribution in [2.45, 2.75) is 6.04 Å². The van der Waals surface area contributed by atoms with Crippen LogP contribution in [-0.4, -0.2) is 34.9 Å². The van der Waals surface area contributed by atoms with Crippen molar-refractivity contribution in [3.8, 4) is 17.0 Å². The number of amides is 1. The van der Waals surface area contributed by atoms with Crippen LogP contribution in [0, 0.1) is 0 Å². The molecule has 0 aliphatic rings. The van der Waals surface area contributed by atoms with Gasteiger partial charge >= 0.3 is 0 Å². The smallest absolute Gasteiger partial charge is 0.255 e. The number of aliphatic hydroxyl groups excluding tert-OH is 1. The van der Waals surface area contributed by atoms with E-state index in [1.54, 1.807) is 19.2 Å². The molecule has 3 N–H and O–H groups in total. The summed E-state index contributed by atoms with van der Waals surface area (Å²) in [5.74, 6) is 0.106. The number of carbonyl (C=O) groups is 1. The number of aromatic amines is 1. The van der Waals surface area contributed by atoms with Crippen LogP contribution in [0.2, 0.25) is 0 Å². The second-order valence-corrected chi connectivity index (χ2v) is 7.82. The number of hydrogen-bond acceptors (Lipinski definition) is 4. The van der Waals surface area contributed by atoms with Crippen LogP contribution in [0.3, 0.4) is 0 Å². The summed E-state index contributed by atoms with van der Waals surface area (Å²) in [7, 11) is 1.55. The zero-order valence-corrected chi connectivity index (χ0v) is 18.1. The molecule has 0 aliphatic carbocycles. The highest BCUT2D eigenvalue weighted by Gasteiger charge is 2.22. The Morgan fingerprint density at radius 3 is 2.52 bits per heavy atom. The lowest BCUT2D eigenvalue weighted by Gasteiger charge is -2.18. The van der Waals surface area contributed by atoms with E-state index in [-0.39, 0.29) is 12.5 Å². The summed E-state index contributed by atoms with van der Waals surface area (Å²) in [4.78, 5) is 13.2. The standard InChI is InChI=1S/C27H23N3O3/c1-33-26-21(27(32)28-23(16-31)18-8-3-2-4-9-18)13-14-22-24(26)25(30-29-22)20-12-11-17-7-5-6-10-19(17)15-20/h2-15,23,31H,16H2,1H3,(H,28,32)(H,29,30). The van der Waals surface area contributed by atoms with Gasteiger partial charge in [-0.2, -0.15) is 5.10 Å². The third-order valence-corrected chi connectivity index (χ3v) is 5.85. The number of nitrogens with zero attached hydrogens (tertiary/aromatic N) is 1. The highest BCUT2D eigenvalue weighted by atomic mass is 16.5. The Morgan fingerprint density at radius 2 is 1.76 bits per heavy atom. The highest BCUT2D eigenvalue weighted by Crippen LogP contribution is 2.37. The number of hydrogen-bond donors (Lipinski definition) is 3. The van der Waals surface area contributed by atoms with E-state index < -0.39 is 6.04 Å². The monoisotopic (exact) mass is 437 g/mol. The van der Waals surface area contributed by atoms with Gasteiger partial charge in [0.2, 0.25) is 0 Å². The van der Waals surface area contributed by atoms with Crippen LogP contribution < -0.4 is 10.1 Å². The van der Waals surface area contributed by atoms with Gasteiger partial charge in [-0.05, 0) is 34.5 Å². The average Bonchev–Trinajstić information content (AvgIpc) is 3.31. The van der Waals surface area contributed by atoms with Crippen LogP contribution in [0.1, 0.15) is 22.0 Å². The van der Waals surface area contributed by atoms with E-state index in [2.05, 4.69) is 39.8 Å². The predicted molar refractivity (Wildman–Crippen MR) is 129 cm³/mol. The van der Waals surface area contributed by atoms with E-state index in [9.17, 15) is 9.90 Å². The molecule has 6 nitrogen and oxygen atoms in total. The Balaban J connectivity index is 1.57. The molecule has 5 rings (SSSR count). The molecule has 0 aliphatic heterocycles. The number of rotatable bonds is 6. The number of carbonyl (C=O) groups excluding carboxylic acids is 1. The van der Waals surface area contributed by atoms with Gasteiger partial charge in [-0.15, -0.1) is 0 Å². The maximum atomic E-state index is 13.2. The highest BCUT2D eigenvalue weighted by molar-refractivity contribution is 6.07. The van der Waals surface area contributed by atoms with E-state index in [1.807, 2.05) is 48.5 Å². The number of methoxy groups -OCH3 is 1. The third kappa shape index (κ3) is 3.81. The van der Waals surface area contributed by atoms with Crippen molar-refractivity contribution in [2.24, 2.45) is 0 Å². The van der Waals surface area contributed by atoms with Crippen LogP contribution >= 0.6 is 0 Å². The summed E-state index contributed by atoms with van der Waals surface area (Å²) in [5, 5.41) is 23.3. The minimum absolute atomic E-state index is 0.214. The molecule has 1 amide bonds. The summed E-state index contributed by atoms with van der Waals surface area (Å²) in [6.45, 7) is -0.214. The first kappa shape index (κ1) is 20.7. The maximum Gasteiger partial charge on any atom is 0.255 e. The number of nitrogens with one attached hydrogen (secondary N) is 2. The van der Waals surface area contributed by atoms with E-state index in [0.717, 1.165) is 33.0 Å². The molecule has 1 atom stereocenters. The zero-order valence-electron chi connectivity index (χ0n) is 18.1. The van der Waals surface area contributed by atoms with Gasteiger partial charge in [0.1, 0.15) is 5.75 Å². The molecule has 4 aromatic carbocycles. The number of ether oxygens (including phenoxy) is 1. The molecular weight excluding hydrogens is 414 g/mol. The van der Waals surface area contributed by atoms with Crippen molar-refractivity contribution in [3.63, 3.8) is 0 Å². The number of aromatic nitrogens is 2. The predicted octanol–water partition coefficient (Wildman–Crippen LogP) is 4.86. The van der Waals surface area contributed by atoms with Crippen molar-refractivity contribution in [2.75, 3.05) is 13.7 Å². The summed E-state index contributed by atoms with van der Waals surface area (Å²) in [6.07, 6.45) is 0. The number of fused-ring (bicyclic) bond motifs is 2. The molecule has 6 heteroatoms. The van der Waals surface area contributed by atoms with Crippen LogP contribution in [-0.2, 0) is 0 Å². The topological polar surface area (TPSA) is 87.2 Å². The fraction of sp³-hybridized carbons (Fsp3) is 0.111. The molecule has 33 heavy (non-hydrogen) atoms. The minimum Gasteiger partial charge on any atom is -0.495 e. The molecule has 0 saturated carbocycles. The lowest BCUT2D eigenvalue weighted by molar-refractivity contribution is 0.0913. The van der Waals surface area contributed by atoms with Crippen molar-refractivity contribution < 1.29 is 14.6 Å². The normalized spacial score (nSPS) is 12.1. The van der Waals surface area contributed by atoms with Crippen molar-refractivity contribution >= 4 is 27.6 Å². The van der Waals surface area contributed by atoms with E-state index in [0.29, 0.717) is 16.8 Å². The minimum atomic E-state index is -0.525. The summed E-state index contributed by atoms with van der Waals surface area (Å²) in [6, 6.07) is 26.7. The third-order valence-electron chi connectivity index (χ3n) is 5.85. The molecule has 0 saturated heterocycles. The molecule has 0 bridgehead atoms. The van der Waals surface area contributed by atoms with Crippen LogP contribution in [0.15, 0.2) is 84.9 Å². The molecular formula is C27H23N3O3. The van der Waals surface area contributed by atoms with E-state index in [4.69, 9.17) is 4.74 Å².